The highest BCUT2D eigenvalue weighted by Crippen LogP contribution is 2.50. The van der Waals surface area contributed by atoms with Gasteiger partial charge in [-0.05, 0) is 35.4 Å². The number of aromatic nitrogens is 1. The Morgan fingerprint density at radius 3 is 2.85 bits per heavy atom. The van der Waals surface area contributed by atoms with Gasteiger partial charge in [0.2, 0.25) is 0 Å². The number of methoxy groups -OCH3 is 1. The predicted molar refractivity (Wildman–Crippen MR) is 117 cm³/mol. The van der Waals surface area contributed by atoms with E-state index in [1.807, 2.05) is 6.07 Å². The molecule has 0 bridgehead atoms. The zero-order chi connectivity index (χ0) is 23.0. The van der Waals surface area contributed by atoms with Crippen LogP contribution < -0.4 is 5.32 Å². The Morgan fingerprint density at radius 1 is 1.30 bits per heavy atom. The molecule has 1 aliphatic carbocycles. The molecule has 2 aromatic rings. The monoisotopic (exact) mass is 454 g/mol. The number of hydrogen-bond acceptors (Lipinski definition) is 7. The minimum Gasteiger partial charge on any atom is -0.466 e. The van der Waals surface area contributed by atoms with Crippen molar-refractivity contribution in [2.45, 2.75) is 18.1 Å². The molecule has 1 N–H and O–H groups in total. The Hall–Kier alpha value is -3.17. The first-order valence-corrected chi connectivity index (χ1v) is 10.9. The molecule has 5 rings (SSSR count). The quantitative estimate of drug-likeness (QED) is 0.714. The number of pyridine rings is 1. The number of hydrogen-bond donors (Lipinski definition) is 1. The predicted octanol–water partition coefficient (Wildman–Crippen LogP) is 2.12. The number of ether oxygens (including phenoxy) is 2. The molecule has 0 amide bonds. The number of fused-ring (bicyclic) bond motifs is 2. The van der Waals surface area contributed by atoms with E-state index in [-0.39, 0.29) is 12.0 Å². The SMILES string of the molecule is COC(=O)C1=C(CN2CCOCC2)NC(c2ccccn2)=NC12c1ccc(F)cc1CC2F. The molecule has 33 heavy (non-hydrogen) atoms. The van der Waals surface area contributed by atoms with Crippen molar-refractivity contribution in [2.24, 2.45) is 4.99 Å². The van der Waals surface area contributed by atoms with E-state index in [1.54, 1.807) is 18.3 Å². The van der Waals surface area contributed by atoms with Crippen LogP contribution in [0.4, 0.5) is 8.78 Å². The highest BCUT2D eigenvalue weighted by atomic mass is 19.1. The van der Waals surface area contributed by atoms with Crippen molar-refractivity contribution in [3.05, 3.63) is 76.5 Å². The minimum atomic E-state index is -1.66. The van der Waals surface area contributed by atoms with Crippen LogP contribution in [0, 0.1) is 5.82 Å². The largest absolute Gasteiger partial charge is 0.466 e. The smallest absolute Gasteiger partial charge is 0.338 e. The van der Waals surface area contributed by atoms with Crippen LogP contribution in [0.5, 0.6) is 0 Å². The van der Waals surface area contributed by atoms with Gasteiger partial charge in [0.25, 0.3) is 0 Å². The fourth-order valence-electron chi connectivity index (χ4n) is 4.84. The van der Waals surface area contributed by atoms with E-state index in [1.165, 1.54) is 25.3 Å². The lowest BCUT2D eigenvalue weighted by Crippen LogP contribution is -2.49. The third kappa shape index (κ3) is 3.71. The molecule has 0 radical (unpaired) electrons. The molecule has 9 heteroatoms. The fraction of sp³-hybridized carbons (Fsp3) is 0.375. The molecule has 3 heterocycles. The van der Waals surface area contributed by atoms with Crippen molar-refractivity contribution >= 4 is 11.8 Å². The molecule has 1 aromatic carbocycles. The van der Waals surface area contributed by atoms with Crippen LogP contribution in [-0.4, -0.2) is 67.8 Å². The lowest BCUT2D eigenvalue weighted by atomic mass is 9.80. The van der Waals surface area contributed by atoms with Gasteiger partial charge in [-0.15, -0.1) is 0 Å². The Labute approximate surface area is 190 Å². The second kappa shape index (κ2) is 8.64. The summed E-state index contributed by atoms with van der Waals surface area (Å²) in [5.41, 5.74) is 0.415. The Kier molecular flexibility index (Phi) is 5.67. The van der Waals surface area contributed by atoms with Gasteiger partial charge in [-0.2, -0.15) is 0 Å². The lowest BCUT2D eigenvalue weighted by molar-refractivity contribution is -0.137. The van der Waals surface area contributed by atoms with Gasteiger partial charge in [0, 0.05) is 37.9 Å². The lowest BCUT2D eigenvalue weighted by Gasteiger charge is -2.38. The molecule has 3 aliphatic rings. The van der Waals surface area contributed by atoms with E-state index in [4.69, 9.17) is 14.5 Å². The highest BCUT2D eigenvalue weighted by Gasteiger charge is 2.56. The van der Waals surface area contributed by atoms with Crippen LogP contribution in [0.1, 0.15) is 16.8 Å². The molecule has 2 aliphatic heterocycles. The Bertz CT molecular complexity index is 1130. The summed E-state index contributed by atoms with van der Waals surface area (Å²) >= 11 is 0. The summed E-state index contributed by atoms with van der Waals surface area (Å²) in [6.07, 6.45) is -0.0145. The highest BCUT2D eigenvalue weighted by molar-refractivity contribution is 6.04. The third-order valence-electron chi connectivity index (χ3n) is 6.35. The van der Waals surface area contributed by atoms with Crippen LogP contribution in [0.25, 0.3) is 0 Å². The summed E-state index contributed by atoms with van der Waals surface area (Å²) in [5.74, 6) is -0.779. The molecule has 1 fully saturated rings. The molecular formula is C24H24F2N4O3. The van der Waals surface area contributed by atoms with E-state index in [9.17, 15) is 9.18 Å². The first kappa shape index (κ1) is 21.7. The molecule has 2 unspecified atom stereocenters. The number of carbonyl (C=O) groups excluding carboxylic acids is 1. The first-order chi connectivity index (χ1) is 16.0. The molecular weight excluding hydrogens is 430 g/mol. The number of nitrogens with one attached hydrogen (secondary N) is 1. The van der Waals surface area contributed by atoms with Gasteiger partial charge in [0.05, 0.1) is 25.9 Å². The van der Waals surface area contributed by atoms with Crippen molar-refractivity contribution in [3.63, 3.8) is 0 Å². The minimum absolute atomic E-state index is 0.0581. The van der Waals surface area contributed by atoms with Gasteiger partial charge in [0.15, 0.2) is 11.4 Å². The van der Waals surface area contributed by atoms with E-state index >= 15 is 4.39 Å². The van der Waals surface area contributed by atoms with Crippen LogP contribution in [0.15, 0.2) is 58.9 Å². The van der Waals surface area contributed by atoms with Gasteiger partial charge in [-0.25, -0.2) is 18.6 Å². The molecule has 1 saturated heterocycles. The zero-order valence-corrected chi connectivity index (χ0v) is 18.2. The van der Waals surface area contributed by atoms with Crippen molar-refractivity contribution in [2.75, 3.05) is 40.0 Å². The van der Waals surface area contributed by atoms with Crippen LogP contribution in [0.3, 0.4) is 0 Å². The van der Waals surface area contributed by atoms with Crippen molar-refractivity contribution < 1.29 is 23.0 Å². The number of benzene rings is 1. The van der Waals surface area contributed by atoms with Gasteiger partial charge in [-0.3, -0.25) is 9.88 Å². The van der Waals surface area contributed by atoms with E-state index < -0.39 is 23.5 Å². The summed E-state index contributed by atoms with van der Waals surface area (Å²) in [6, 6.07) is 9.45. The molecule has 7 nitrogen and oxygen atoms in total. The van der Waals surface area contributed by atoms with E-state index in [0.29, 0.717) is 61.2 Å². The summed E-state index contributed by atoms with van der Waals surface area (Å²) in [6.45, 7) is 2.83. The zero-order valence-electron chi connectivity index (χ0n) is 18.2. The number of alkyl halides is 1. The Balaban J connectivity index is 1.72. The van der Waals surface area contributed by atoms with Crippen molar-refractivity contribution in [3.8, 4) is 0 Å². The first-order valence-electron chi connectivity index (χ1n) is 10.9. The molecule has 1 aromatic heterocycles. The van der Waals surface area contributed by atoms with Gasteiger partial charge in [0.1, 0.15) is 17.7 Å². The number of nitrogens with zero attached hydrogens (tertiary/aromatic N) is 3. The number of carbonyl (C=O) groups is 1. The summed E-state index contributed by atoms with van der Waals surface area (Å²) < 4.78 is 40.6. The summed E-state index contributed by atoms with van der Waals surface area (Å²) in [4.78, 5) is 24.4. The molecule has 1 spiro atoms. The second-order valence-electron chi connectivity index (χ2n) is 8.27. The van der Waals surface area contributed by atoms with E-state index in [2.05, 4.69) is 15.2 Å². The normalized spacial score (nSPS) is 24.9. The number of aliphatic imine (C=N–C) groups is 1. The number of rotatable bonds is 4. The van der Waals surface area contributed by atoms with Gasteiger partial charge >= 0.3 is 5.97 Å². The number of esters is 1. The average Bonchev–Trinajstić information content (AvgIpc) is 3.09. The maximum Gasteiger partial charge on any atom is 0.338 e. The molecule has 2 atom stereocenters. The van der Waals surface area contributed by atoms with Crippen molar-refractivity contribution in [1.29, 1.82) is 0 Å². The fourth-order valence-corrected chi connectivity index (χ4v) is 4.84. The second-order valence-corrected chi connectivity index (χ2v) is 8.27. The maximum absolute atomic E-state index is 16.0. The topological polar surface area (TPSA) is 76.0 Å². The number of amidine groups is 1. The molecule has 172 valence electrons. The average molecular weight is 454 g/mol. The summed E-state index contributed by atoms with van der Waals surface area (Å²) in [5, 5.41) is 3.24. The maximum atomic E-state index is 16.0. The van der Waals surface area contributed by atoms with E-state index in [0.717, 1.165) is 0 Å². The van der Waals surface area contributed by atoms with Crippen molar-refractivity contribution in [1.82, 2.24) is 15.2 Å². The standard InChI is InChI=1S/C24H24F2N4O3/c1-32-23(31)21-19(14-30-8-10-33-11-9-30)28-22(18-4-2-3-7-27-18)29-24(21)17-6-5-16(25)12-15(17)13-20(24)26/h2-7,12,20H,8-11,13-14H2,1H3,(H,28,29). The van der Waals surface area contributed by atoms with Gasteiger partial charge in [-0.1, -0.05) is 12.1 Å². The number of halogens is 2. The summed E-state index contributed by atoms with van der Waals surface area (Å²) in [7, 11) is 1.27. The van der Waals surface area contributed by atoms with Crippen LogP contribution in [0.2, 0.25) is 0 Å². The van der Waals surface area contributed by atoms with Gasteiger partial charge < -0.3 is 14.8 Å². The third-order valence-corrected chi connectivity index (χ3v) is 6.35. The van der Waals surface area contributed by atoms with Crippen LogP contribution >= 0.6 is 0 Å². The Morgan fingerprint density at radius 2 is 2.12 bits per heavy atom. The number of morpholine rings is 1. The van der Waals surface area contributed by atoms with Crippen LogP contribution in [-0.2, 0) is 26.2 Å². The molecule has 0 saturated carbocycles.